The topological polar surface area (TPSA) is 48.9 Å². The molecule has 2 aromatic rings. The Kier molecular flexibility index (Phi) is 7.76. The van der Waals surface area contributed by atoms with E-state index >= 15 is 0 Å². The number of rotatable bonds is 7. The highest BCUT2D eigenvalue weighted by molar-refractivity contribution is 5.79. The number of benzene rings is 2. The van der Waals surface area contributed by atoms with E-state index in [0.29, 0.717) is 26.3 Å². The minimum Gasteiger partial charge on any atom is -0.381 e. The summed E-state index contributed by atoms with van der Waals surface area (Å²) in [6, 6.07) is 15.8. The highest BCUT2D eigenvalue weighted by Gasteiger charge is 2.35. The van der Waals surface area contributed by atoms with Crippen molar-refractivity contribution in [1.29, 1.82) is 0 Å². The second-order valence-corrected chi connectivity index (χ2v) is 8.98. The Morgan fingerprint density at radius 3 is 2.44 bits per heavy atom. The number of nitrogens with zero attached hydrogens (tertiary/aromatic N) is 2. The predicted octanol–water partition coefficient (Wildman–Crippen LogP) is 3.83. The van der Waals surface area contributed by atoms with E-state index in [1.165, 1.54) is 43.1 Å². The summed E-state index contributed by atoms with van der Waals surface area (Å²) in [5, 5.41) is 6.90. The van der Waals surface area contributed by atoms with E-state index in [4.69, 9.17) is 4.74 Å². The molecule has 0 spiro atoms. The highest BCUT2D eigenvalue weighted by Crippen LogP contribution is 2.34. The SMILES string of the molecule is CN=C(NCc1ccc(CN2CCCC2)cc1)NCC1(c2cccc(F)c2)CCOCC1. The van der Waals surface area contributed by atoms with Crippen LogP contribution in [0.15, 0.2) is 53.5 Å². The first-order valence-electron chi connectivity index (χ1n) is 11.8. The molecule has 2 aromatic carbocycles. The molecule has 2 fully saturated rings. The predicted molar refractivity (Wildman–Crippen MR) is 127 cm³/mol. The summed E-state index contributed by atoms with van der Waals surface area (Å²) in [6.07, 6.45) is 4.36. The molecule has 2 heterocycles. The molecule has 32 heavy (non-hydrogen) atoms. The van der Waals surface area contributed by atoms with Gasteiger partial charge in [-0.2, -0.15) is 0 Å². The third-order valence-corrected chi connectivity index (χ3v) is 6.79. The van der Waals surface area contributed by atoms with E-state index in [2.05, 4.69) is 44.8 Å². The Morgan fingerprint density at radius 1 is 1.03 bits per heavy atom. The Hall–Kier alpha value is -2.44. The second kappa shape index (κ2) is 10.9. The van der Waals surface area contributed by atoms with Crippen molar-refractivity contribution in [2.45, 2.75) is 44.2 Å². The van der Waals surface area contributed by atoms with Crippen LogP contribution in [0.5, 0.6) is 0 Å². The number of likely N-dealkylation sites (tertiary alicyclic amines) is 1. The van der Waals surface area contributed by atoms with Gasteiger partial charge in [0.05, 0.1) is 0 Å². The summed E-state index contributed by atoms with van der Waals surface area (Å²) in [4.78, 5) is 6.92. The summed E-state index contributed by atoms with van der Waals surface area (Å²) < 4.78 is 19.5. The average Bonchev–Trinajstić information content (AvgIpc) is 3.34. The van der Waals surface area contributed by atoms with Crippen LogP contribution in [-0.4, -0.2) is 50.8 Å². The smallest absolute Gasteiger partial charge is 0.191 e. The molecule has 0 atom stereocenters. The molecule has 5 nitrogen and oxygen atoms in total. The quantitative estimate of drug-likeness (QED) is 0.510. The van der Waals surface area contributed by atoms with Crippen LogP contribution in [0.3, 0.4) is 0 Å². The van der Waals surface area contributed by atoms with E-state index in [-0.39, 0.29) is 11.2 Å². The number of aliphatic imine (C=N–C) groups is 1. The highest BCUT2D eigenvalue weighted by atomic mass is 19.1. The fraction of sp³-hybridized carbons (Fsp3) is 0.500. The third kappa shape index (κ3) is 5.87. The van der Waals surface area contributed by atoms with Crippen molar-refractivity contribution in [2.75, 3.05) is 39.9 Å². The van der Waals surface area contributed by atoms with Crippen LogP contribution in [0.25, 0.3) is 0 Å². The van der Waals surface area contributed by atoms with Crippen LogP contribution in [0, 0.1) is 5.82 Å². The minimum absolute atomic E-state index is 0.158. The molecule has 2 aliphatic heterocycles. The number of ether oxygens (including phenoxy) is 1. The van der Waals surface area contributed by atoms with Gasteiger partial charge in [-0.1, -0.05) is 36.4 Å². The van der Waals surface area contributed by atoms with Gasteiger partial charge in [-0.15, -0.1) is 0 Å². The van der Waals surface area contributed by atoms with Crippen LogP contribution in [0.4, 0.5) is 4.39 Å². The van der Waals surface area contributed by atoms with Crippen LogP contribution in [0.2, 0.25) is 0 Å². The number of hydrogen-bond acceptors (Lipinski definition) is 3. The van der Waals surface area contributed by atoms with Gasteiger partial charge < -0.3 is 15.4 Å². The summed E-state index contributed by atoms with van der Waals surface area (Å²) >= 11 is 0. The van der Waals surface area contributed by atoms with Crippen LogP contribution < -0.4 is 10.6 Å². The third-order valence-electron chi connectivity index (χ3n) is 6.79. The Labute approximate surface area is 191 Å². The molecule has 6 heteroatoms. The van der Waals surface area contributed by atoms with Gasteiger partial charge >= 0.3 is 0 Å². The Bertz CT molecular complexity index is 887. The number of halogens is 1. The van der Waals surface area contributed by atoms with Crippen LogP contribution in [0.1, 0.15) is 42.4 Å². The van der Waals surface area contributed by atoms with Crippen molar-refractivity contribution >= 4 is 5.96 Å². The molecule has 2 saturated heterocycles. The molecule has 0 unspecified atom stereocenters. The standard InChI is InChI=1S/C26H35FN4O/c1-28-25(29-18-21-7-9-22(10-8-21)19-31-13-2-3-14-31)30-20-26(11-15-32-16-12-26)23-5-4-6-24(27)17-23/h4-10,17H,2-3,11-16,18-20H2,1H3,(H2,28,29,30). The molecule has 172 valence electrons. The summed E-state index contributed by atoms with van der Waals surface area (Å²) in [5.41, 5.74) is 3.46. The molecule has 0 bridgehead atoms. The van der Waals surface area contributed by atoms with Gasteiger partial charge in [-0.05, 0) is 67.6 Å². The maximum Gasteiger partial charge on any atom is 0.191 e. The Morgan fingerprint density at radius 2 is 1.75 bits per heavy atom. The maximum absolute atomic E-state index is 13.9. The van der Waals surface area contributed by atoms with Gasteiger partial charge in [-0.25, -0.2) is 4.39 Å². The van der Waals surface area contributed by atoms with Gasteiger partial charge in [0.2, 0.25) is 0 Å². The summed E-state index contributed by atoms with van der Waals surface area (Å²) in [7, 11) is 1.79. The lowest BCUT2D eigenvalue weighted by atomic mass is 9.74. The van der Waals surface area contributed by atoms with E-state index < -0.39 is 0 Å². The normalized spacial score (nSPS) is 19.1. The molecular weight excluding hydrogens is 403 g/mol. The first-order valence-corrected chi connectivity index (χ1v) is 11.8. The van der Waals surface area contributed by atoms with Crippen molar-refractivity contribution < 1.29 is 9.13 Å². The largest absolute Gasteiger partial charge is 0.381 e. The number of guanidine groups is 1. The van der Waals surface area contributed by atoms with Crippen molar-refractivity contribution in [1.82, 2.24) is 15.5 Å². The molecule has 2 N–H and O–H groups in total. The summed E-state index contributed by atoms with van der Waals surface area (Å²) in [5.74, 6) is 0.567. The minimum atomic E-state index is -0.191. The van der Waals surface area contributed by atoms with Gasteiger partial charge in [0.1, 0.15) is 5.82 Å². The van der Waals surface area contributed by atoms with Gasteiger partial charge in [0.25, 0.3) is 0 Å². The van der Waals surface area contributed by atoms with Crippen molar-refractivity contribution in [3.8, 4) is 0 Å². The molecule has 2 aliphatic rings. The molecule has 0 radical (unpaired) electrons. The zero-order chi connectivity index (χ0) is 22.2. The van der Waals surface area contributed by atoms with Crippen molar-refractivity contribution in [2.24, 2.45) is 4.99 Å². The van der Waals surface area contributed by atoms with E-state index in [1.54, 1.807) is 19.2 Å². The molecule has 0 amide bonds. The van der Waals surface area contributed by atoms with Crippen LogP contribution in [-0.2, 0) is 23.2 Å². The zero-order valence-corrected chi connectivity index (χ0v) is 19.1. The van der Waals surface area contributed by atoms with Crippen molar-refractivity contribution in [3.63, 3.8) is 0 Å². The maximum atomic E-state index is 13.9. The lowest BCUT2D eigenvalue weighted by Gasteiger charge is -2.38. The zero-order valence-electron chi connectivity index (χ0n) is 19.1. The fourth-order valence-corrected chi connectivity index (χ4v) is 4.77. The number of nitrogens with one attached hydrogen (secondary N) is 2. The van der Waals surface area contributed by atoms with Gasteiger partial charge in [0.15, 0.2) is 5.96 Å². The van der Waals surface area contributed by atoms with Crippen LogP contribution >= 0.6 is 0 Å². The van der Waals surface area contributed by atoms with Gasteiger partial charge in [-0.3, -0.25) is 9.89 Å². The first kappa shape index (κ1) is 22.7. The molecule has 4 rings (SSSR count). The Balaban J connectivity index is 1.32. The van der Waals surface area contributed by atoms with E-state index in [0.717, 1.165) is 30.9 Å². The second-order valence-electron chi connectivity index (χ2n) is 8.98. The van der Waals surface area contributed by atoms with Crippen molar-refractivity contribution in [3.05, 3.63) is 71.0 Å². The van der Waals surface area contributed by atoms with E-state index in [1.807, 2.05) is 6.07 Å². The lowest BCUT2D eigenvalue weighted by molar-refractivity contribution is 0.0513. The van der Waals surface area contributed by atoms with E-state index in [9.17, 15) is 4.39 Å². The molecule has 0 aromatic heterocycles. The first-order chi connectivity index (χ1) is 15.7. The van der Waals surface area contributed by atoms with Gasteiger partial charge in [0, 0.05) is 45.3 Å². The number of hydrogen-bond donors (Lipinski definition) is 2. The summed E-state index contributed by atoms with van der Waals surface area (Å²) in [6.45, 7) is 6.25. The molecular formula is C26H35FN4O. The monoisotopic (exact) mass is 438 g/mol. The average molecular weight is 439 g/mol. The lowest BCUT2D eigenvalue weighted by Crippen LogP contribution is -2.48. The molecule has 0 aliphatic carbocycles. The fourth-order valence-electron chi connectivity index (χ4n) is 4.77. The molecule has 0 saturated carbocycles.